The normalized spacial score (nSPS) is 32.9. The summed E-state index contributed by atoms with van der Waals surface area (Å²) in [5, 5.41) is 20.3. The van der Waals surface area contributed by atoms with Crippen molar-refractivity contribution in [2.75, 3.05) is 0 Å². The number of hydrogen-bond acceptors (Lipinski definition) is 2. The number of hydrogen-bond donors (Lipinski definition) is 2. The number of allylic oxidation sites excluding steroid dienone is 6. The van der Waals surface area contributed by atoms with E-state index in [0.717, 1.165) is 37.5 Å². The molecule has 0 radical (unpaired) electrons. The first-order valence-corrected chi connectivity index (χ1v) is 18.0. The van der Waals surface area contributed by atoms with E-state index in [4.69, 9.17) is 0 Å². The smallest absolute Gasteiger partial charge is 0.0548 e. The zero-order valence-electron chi connectivity index (χ0n) is 29.6. The van der Waals surface area contributed by atoms with Gasteiger partial charge in [-0.2, -0.15) is 0 Å². The fourth-order valence-electron chi connectivity index (χ4n) is 8.53. The van der Waals surface area contributed by atoms with Gasteiger partial charge in [0.15, 0.2) is 0 Å². The summed E-state index contributed by atoms with van der Waals surface area (Å²) in [4.78, 5) is 0. The Kier molecular flexibility index (Phi) is 15.6. The molecule has 0 spiro atoms. The highest BCUT2D eigenvalue weighted by molar-refractivity contribution is 5.04. The Morgan fingerprint density at radius 2 is 0.976 bits per heavy atom. The molecule has 0 aromatic heterocycles. The first kappa shape index (κ1) is 37.3. The molecule has 0 aliphatic heterocycles. The van der Waals surface area contributed by atoms with Crippen LogP contribution in [0, 0.1) is 58.2 Å². The third-order valence-corrected chi connectivity index (χ3v) is 11.1. The lowest BCUT2D eigenvalue weighted by Crippen LogP contribution is -2.38. The maximum Gasteiger partial charge on any atom is 0.0548 e. The van der Waals surface area contributed by atoms with Gasteiger partial charge in [0.05, 0.1) is 12.2 Å². The molecular formula is C40H72O2. The highest BCUT2D eigenvalue weighted by Crippen LogP contribution is 2.46. The first-order chi connectivity index (χ1) is 19.6. The van der Waals surface area contributed by atoms with Gasteiger partial charge in [-0.15, -0.1) is 0 Å². The molecule has 0 aromatic rings. The standard InChI is InChI=1S/C40H72O2/c1-29(17-13-19-31(3)21-23-37-33(5)25-35(41)27-39(37,7)8)15-11-12-16-30(2)18-14-20-32(4)22-24-38-34(6)26-36(42)28-40(38,9)10/h11-12,21-24,29-38,41-42H,13-20,25-28H2,1-10H3/b12-11+,23-21+,24-22+/t29-,30-,31-,32+,33+,34+,35+,36+,37+,38+/m1/s1. The van der Waals surface area contributed by atoms with Crippen molar-refractivity contribution in [1.29, 1.82) is 0 Å². The van der Waals surface area contributed by atoms with Crippen LogP contribution in [0.4, 0.5) is 0 Å². The van der Waals surface area contributed by atoms with E-state index in [0.29, 0.717) is 35.5 Å². The SMILES string of the molecule is C[C@H](C/C=C/C[C@@H](C)CCC[C@@H](C)/C=C/[C@H]1[C@@H](C)C[C@H](O)CC1(C)C)CCC[C@H](C)/C=C/[C@H]1[C@@H](C)C[C@H](O)CC1(C)C. The predicted octanol–water partition coefficient (Wildman–Crippen LogP) is 11.2. The molecule has 0 amide bonds. The Bertz CT molecular complexity index is 767. The number of aliphatic hydroxyl groups excluding tert-OH is 2. The summed E-state index contributed by atoms with van der Waals surface area (Å²) in [7, 11) is 0. The van der Waals surface area contributed by atoms with Crippen LogP contribution in [0.3, 0.4) is 0 Å². The van der Waals surface area contributed by atoms with Crippen LogP contribution in [0.1, 0.15) is 146 Å². The van der Waals surface area contributed by atoms with Gasteiger partial charge in [0, 0.05) is 0 Å². The third kappa shape index (κ3) is 13.0. The Morgan fingerprint density at radius 1 is 0.619 bits per heavy atom. The molecule has 2 rings (SSSR count). The zero-order valence-corrected chi connectivity index (χ0v) is 29.6. The highest BCUT2D eigenvalue weighted by atomic mass is 16.3. The summed E-state index contributed by atoms with van der Waals surface area (Å²) in [6, 6.07) is 0. The quantitative estimate of drug-likeness (QED) is 0.177. The Hall–Kier alpha value is -0.860. The fourth-order valence-corrected chi connectivity index (χ4v) is 8.53. The van der Waals surface area contributed by atoms with Crippen molar-refractivity contribution in [1.82, 2.24) is 0 Å². The van der Waals surface area contributed by atoms with Crippen molar-refractivity contribution in [3.05, 3.63) is 36.5 Å². The van der Waals surface area contributed by atoms with Gasteiger partial charge < -0.3 is 10.2 Å². The van der Waals surface area contributed by atoms with Crippen molar-refractivity contribution in [3.63, 3.8) is 0 Å². The van der Waals surface area contributed by atoms with Gasteiger partial charge in [0.1, 0.15) is 0 Å². The second kappa shape index (κ2) is 17.6. The van der Waals surface area contributed by atoms with E-state index in [-0.39, 0.29) is 23.0 Å². The van der Waals surface area contributed by atoms with Crippen LogP contribution in [-0.2, 0) is 0 Å². The van der Waals surface area contributed by atoms with E-state index < -0.39 is 0 Å². The van der Waals surface area contributed by atoms with Gasteiger partial charge in [-0.3, -0.25) is 0 Å². The summed E-state index contributed by atoms with van der Waals surface area (Å²) in [6.07, 6.45) is 28.5. The lowest BCUT2D eigenvalue weighted by molar-refractivity contribution is 0.00710. The van der Waals surface area contributed by atoms with Gasteiger partial charge >= 0.3 is 0 Å². The van der Waals surface area contributed by atoms with Crippen LogP contribution in [0.5, 0.6) is 0 Å². The number of aliphatic hydroxyl groups is 2. The zero-order chi connectivity index (χ0) is 31.5. The molecule has 0 bridgehead atoms. The maximum absolute atomic E-state index is 10.2. The molecule has 2 aliphatic rings. The van der Waals surface area contributed by atoms with Crippen LogP contribution in [0.25, 0.3) is 0 Å². The summed E-state index contributed by atoms with van der Waals surface area (Å²) in [6.45, 7) is 23.5. The highest BCUT2D eigenvalue weighted by Gasteiger charge is 2.40. The minimum absolute atomic E-state index is 0.126. The summed E-state index contributed by atoms with van der Waals surface area (Å²) >= 11 is 0. The van der Waals surface area contributed by atoms with E-state index in [9.17, 15) is 10.2 Å². The monoisotopic (exact) mass is 585 g/mol. The maximum atomic E-state index is 10.2. The largest absolute Gasteiger partial charge is 0.393 e. The van der Waals surface area contributed by atoms with E-state index in [1.807, 2.05) is 0 Å². The molecule has 0 saturated heterocycles. The van der Waals surface area contributed by atoms with E-state index >= 15 is 0 Å². The minimum atomic E-state index is -0.126. The van der Waals surface area contributed by atoms with Crippen LogP contribution in [0.15, 0.2) is 36.5 Å². The molecule has 2 saturated carbocycles. The van der Waals surface area contributed by atoms with Crippen LogP contribution in [-0.4, -0.2) is 22.4 Å². The van der Waals surface area contributed by atoms with E-state index in [2.05, 4.69) is 106 Å². The van der Waals surface area contributed by atoms with Gasteiger partial charge in [-0.05, 0) is 110 Å². The Balaban J connectivity index is 1.58. The lowest BCUT2D eigenvalue weighted by Gasteiger charge is -2.43. The van der Waals surface area contributed by atoms with Crippen molar-refractivity contribution >= 4 is 0 Å². The van der Waals surface area contributed by atoms with Crippen molar-refractivity contribution in [3.8, 4) is 0 Å². The van der Waals surface area contributed by atoms with Crippen molar-refractivity contribution in [2.24, 2.45) is 58.2 Å². The molecular weight excluding hydrogens is 512 g/mol. The Morgan fingerprint density at radius 3 is 1.31 bits per heavy atom. The lowest BCUT2D eigenvalue weighted by atomic mass is 9.63. The molecule has 244 valence electrons. The average molecular weight is 585 g/mol. The second-order valence-corrected chi connectivity index (χ2v) is 16.9. The molecule has 10 atom stereocenters. The average Bonchev–Trinajstić information content (AvgIpc) is 2.84. The third-order valence-electron chi connectivity index (χ3n) is 11.1. The summed E-state index contributed by atoms with van der Waals surface area (Å²) in [5.41, 5.74) is 0.386. The molecule has 0 heterocycles. The van der Waals surface area contributed by atoms with E-state index in [1.165, 1.54) is 51.4 Å². The van der Waals surface area contributed by atoms with Gasteiger partial charge in [-0.1, -0.05) is 131 Å². The fraction of sp³-hybridized carbons (Fsp3) is 0.850. The molecule has 2 aliphatic carbocycles. The second-order valence-electron chi connectivity index (χ2n) is 16.9. The van der Waals surface area contributed by atoms with Crippen molar-refractivity contribution in [2.45, 2.75) is 158 Å². The molecule has 42 heavy (non-hydrogen) atoms. The summed E-state index contributed by atoms with van der Waals surface area (Å²) in [5.74, 6) is 5.08. The minimum Gasteiger partial charge on any atom is -0.393 e. The number of rotatable bonds is 16. The first-order valence-electron chi connectivity index (χ1n) is 18.0. The summed E-state index contributed by atoms with van der Waals surface area (Å²) < 4.78 is 0. The molecule has 2 heteroatoms. The van der Waals surface area contributed by atoms with Gasteiger partial charge in [-0.25, -0.2) is 0 Å². The van der Waals surface area contributed by atoms with Crippen LogP contribution >= 0.6 is 0 Å². The van der Waals surface area contributed by atoms with Crippen molar-refractivity contribution < 1.29 is 10.2 Å². The molecule has 2 nitrogen and oxygen atoms in total. The molecule has 2 fully saturated rings. The molecule has 0 aromatic carbocycles. The van der Waals surface area contributed by atoms with E-state index in [1.54, 1.807) is 0 Å². The van der Waals surface area contributed by atoms with Crippen LogP contribution in [0.2, 0.25) is 0 Å². The van der Waals surface area contributed by atoms with Gasteiger partial charge in [0.25, 0.3) is 0 Å². The predicted molar refractivity (Wildman–Crippen MR) is 184 cm³/mol. The van der Waals surface area contributed by atoms with Crippen LogP contribution < -0.4 is 0 Å². The van der Waals surface area contributed by atoms with Gasteiger partial charge in [0.2, 0.25) is 0 Å². The molecule has 0 unspecified atom stereocenters. The topological polar surface area (TPSA) is 40.5 Å². The Labute approximate surface area is 262 Å². The molecule has 2 N–H and O–H groups in total.